The Hall–Kier alpha value is -2.78. The number of likely N-dealkylation sites (tertiary alicyclic amines) is 1. The highest BCUT2D eigenvalue weighted by Crippen LogP contribution is 2.55. The first-order valence-corrected chi connectivity index (χ1v) is 14.8. The van der Waals surface area contributed by atoms with E-state index in [-0.39, 0.29) is 5.75 Å². The fourth-order valence-corrected chi connectivity index (χ4v) is 6.95. The molecule has 1 saturated carbocycles. The van der Waals surface area contributed by atoms with Crippen molar-refractivity contribution in [1.29, 1.82) is 0 Å². The average molecular weight is 507 g/mol. The van der Waals surface area contributed by atoms with Crippen LogP contribution in [0.25, 0.3) is 27.9 Å². The molecule has 36 heavy (non-hydrogen) atoms. The van der Waals surface area contributed by atoms with E-state index in [0.29, 0.717) is 23.8 Å². The molecule has 9 heteroatoms. The molecule has 6 rings (SSSR count). The molecule has 1 spiro atoms. The smallest absolute Gasteiger partial charge is 0.158 e. The van der Waals surface area contributed by atoms with Crippen molar-refractivity contribution in [3.05, 3.63) is 47.0 Å². The fourth-order valence-electron chi connectivity index (χ4n) is 6.37. The molecule has 2 fully saturated rings. The first-order valence-electron chi connectivity index (χ1n) is 12.8. The van der Waals surface area contributed by atoms with Gasteiger partial charge in [0, 0.05) is 54.8 Å². The number of nitrogens with zero attached hydrogens (tertiary/aromatic N) is 5. The van der Waals surface area contributed by atoms with Crippen molar-refractivity contribution < 1.29 is 8.42 Å². The van der Waals surface area contributed by atoms with Crippen LogP contribution in [0.5, 0.6) is 0 Å². The lowest BCUT2D eigenvalue weighted by molar-refractivity contribution is -0.0704. The number of pyridine rings is 2. The van der Waals surface area contributed by atoms with Gasteiger partial charge in [0.1, 0.15) is 16.2 Å². The third kappa shape index (κ3) is 3.84. The third-order valence-corrected chi connectivity index (χ3v) is 9.27. The molecule has 1 aliphatic carbocycles. The summed E-state index contributed by atoms with van der Waals surface area (Å²) in [6, 6.07) is 4.37. The number of sulfone groups is 1. The zero-order chi connectivity index (χ0) is 25.4. The lowest BCUT2D eigenvalue weighted by Gasteiger charge is -2.59. The fraction of sp³-hybridized carbons (Fsp3) is 0.519. The molecule has 190 valence electrons. The van der Waals surface area contributed by atoms with Crippen LogP contribution in [0.3, 0.4) is 0 Å². The molecular formula is C27H34N6O2S. The molecule has 2 aliphatic rings. The molecule has 0 unspecified atom stereocenters. The predicted octanol–water partition coefficient (Wildman–Crippen LogP) is 4.24. The highest BCUT2D eigenvalue weighted by molar-refractivity contribution is 7.90. The molecule has 1 saturated heterocycles. The molecule has 0 aromatic carbocycles. The van der Waals surface area contributed by atoms with Crippen molar-refractivity contribution in [2.75, 3.05) is 31.6 Å². The molecule has 8 nitrogen and oxygen atoms in total. The highest BCUT2D eigenvalue weighted by atomic mass is 32.2. The number of H-pyrrole nitrogens is 1. The first-order chi connectivity index (χ1) is 17.0. The van der Waals surface area contributed by atoms with Gasteiger partial charge in [-0.3, -0.25) is 4.98 Å². The number of hydrogen-bond donors (Lipinski definition) is 1. The first kappa shape index (κ1) is 23.6. The molecule has 0 bridgehead atoms. The number of hydrogen-bond acceptors (Lipinski definition) is 6. The van der Waals surface area contributed by atoms with Gasteiger partial charge in [-0.1, -0.05) is 13.8 Å². The van der Waals surface area contributed by atoms with E-state index in [1.54, 1.807) is 6.33 Å². The van der Waals surface area contributed by atoms with Crippen molar-refractivity contribution >= 4 is 26.5 Å². The standard InChI is InChI=1S/C27H34N6O2S/c1-16(2)23-24(20-12-33-26(28-15-29-33)18(4)17(20)3)31-22-7-6-21(30-25(22)23)19-10-27(11-19)13-32(14-27)8-9-36(5,34)35/h6-7,12,15-16,19,31H,8-11,13-14H2,1-5H3. The number of fused-ring (bicyclic) bond motifs is 2. The quantitative estimate of drug-likeness (QED) is 0.420. The number of aromatic nitrogens is 5. The van der Waals surface area contributed by atoms with Crippen molar-refractivity contribution in [1.82, 2.24) is 29.5 Å². The Labute approximate surface area is 212 Å². The molecule has 0 radical (unpaired) electrons. The van der Waals surface area contributed by atoms with Crippen molar-refractivity contribution in [3.8, 4) is 11.3 Å². The van der Waals surface area contributed by atoms with E-state index in [1.807, 2.05) is 4.52 Å². The van der Waals surface area contributed by atoms with Gasteiger partial charge in [0.25, 0.3) is 0 Å². The van der Waals surface area contributed by atoms with E-state index in [9.17, 15) is 8.42 Å². The maximum atomic E-state index is 11.5. The Morgan fingerprint density at radius 3 is 2.61 bits per heavy atom. The lowest BCUT2D eigenvalue weighted by atomic mass is 9.57. The van der Waals surface area contributed by atoms with Crippen molar-refractivity contribution in [3.63, 3.8) is 0 Å². The van der Waals surface area contributed by atoms with E-state index in [4.69, 9.17) is 4.98 Å². The normalized spacial score (nSPS) is 18.4. The maximum Gasteiger partial charge on any atom is 0.158 e. The van der Waals surface area contributed by atoms with Crippen LogP contribution < -0.4 is 0 Å². The van der Waals surface area contributed by atoms with Gasteiger partial charge < -0.3 is 9.88 Å². The summed E-state index contributed by atoms with van der Waals surface area (Å²) < 4.78 is 24.8. The second-order valence-corrected chi connectivity index (χ2v) is 13.7. The van der Waals surface area contributed by atoms with Crippen LogP contribution in [0.1, 0.15) is 60.9 Å². The number of nitrogens with one attached hydrogen (secondary N) is 1. The van der Waals surface area contributed by atoms with E-state index in [0.717, 1.165) is 59.4 Å². The Morgan fingerprint density at radius 1 is 1.17 bits per heavy atom. The van der Waals surface area contributed by atoms with E-state index in [1.165, 1.54) is 23.1 Å². The van der Waals surface area contributed by atoms with E-state index >= 15 is 0 Å². The Kier molecular flexibility index (Phi) is 5.32. The van der Waals surface area contributed by atoms with E-state index < -0.39 is 9.84 Å². The minimum atomic E-state index is -2.90. The summed E-state index contributed by atoms with van der Waals surface area (Å²) in [5.74, 6) is 1.03. The zero-order valence-electron chi connectivity index (χ0n) is 21.7. The summed E-state index contributed by atoms with van der Waals surface area (Å²) in [6.07, 6.45) is 7.26. The maximum absolute atomic E-state index is 11.5. The predicted molar refractivity (Wildman–Crippen MR) is 142 cm³/mol. The molecule has 1 aliphatic heterocycles. The molecule has 4 aromatic rings. The number of aromatic amines is 1. The summed E-state index contributed by atoms with van der Waals surface area (Å²) in [4.78, 5) is 15.6. The Bertz CT molecular complexity index is 1590. The summed E-state index contributed by atoms with van der Waals surface area (Å²) >= 11 is 0. The van der Waals surface area contributed by atoms with Crippen LogP contribution in [0.2, 0.25) is 0 Å². The Morgan fingerprint density at radius 2 is 1.92 bits per heavy atom. The van der Waals surface area contributed by atoms with Gasteiger partial charge in [-0.15, -0.1) is 0 Å². The van der Waals surface area contributed by atoms with Crippen LogP contribution in [0, 0.1) is 19.3 Å². The molecule has 4 aromatic heterocycles. The summed E-state index contributed by atoms with van der Waals surface area (Å²) in [5.41, 5.74) is 10.4. The van der Waals surface area contributed by atoms with Gasteiger partial charge in [0.05, 0.1) is 22.5 Å². The van der Waals surface area contributed by atoms with Crippen LogP contribution in [0.4, 0.5) is 0 Å². The zero-order valence-corrected chi connectivity index (χ0v) is 22.5. The van der Waals surface area contributed by atoms with Gasteiger partial charge in [-0.2, -0.15) is 5.10 Å². The van der Waals surface area contributed by atoms with Crippen LogP contribution in [0.15, 0.2) is 24.7 Å². The van der Waals surface area contributed by atoms with Crippen LogP contribution in [-0.4, -0.2) is 69.5 Å². The topological polar surface area (TPSA) is 96.2 Å². The SMILES string of the molecule is Cc1c(-c2[nH]c3ccc(C4CC5(C4)CN(CCS(C)(=O)=O)C5)nc3c2C(C)C)cn2ncnc2c1C. The summed E-state index contributed by atoms with van der Waals surface area (Å²) in [6.45, 7) is 11.4. The van der Waals surface area contributed by atoms with Gasteiger partial charge >= 0.3 is 0 Å². The minimum absolute atomic E-state index is 0.251. The monoisotopic (exact) mass is 506 g/mol. The third-order valence-electron chi connectivity index (χ3n) is 8.35. The van der Waals surface area contributed by atoms with Gasteiger partial charge in [-0.05, 0) is 61.3 Å². The van der Waals surface area contributed by atoms with Gasteiger partial charge in [0.2, 0.25) is 0 Å². The average Bonchev–Trinajstić information content (AvgIpc) is 3.37. The second-order valence-electron chi connectivity index (χ2n) is 11.5. The van der Waals surface area contributed by atoms with Crippen LogP contribution in [-0.2, 0) is 9.84 Å². The van der Waals surface area contributed by atoms with Crippen LogP contribution >= 0.6 is 0 Å². The van der Waals surface area contributed by atoms with Crippen molar-refractivity contribution in [2.45, 2.75) is 52.4 Å². The highest BCUT2D eigenvalue weighted by Gasteiger charge is 2.52. The van der Waals surface area contributed by atoms with E-state index in [2.05, 4.69) is 66.0 Å². The number of rotatable bonds is 6. The minimum Gasteiger partial charge on any atom is -0.353 e. The Balaban J connectivity index is 1.28. The molecule has 1 N–H and O–H groups in total. The molecular weight excluding hydrogens is 472 g/mol. The molecule has 5 heterocycles. The van der Waals surface area contributed by atoms with Gasteiger partial charge in [-0.25, -0.2) is 17.9 Å². The number of aryl methyl sites for hydroxylation is 1. The largest absolute Gasteiger partial charge is 0.353 e. The van der Waals surface area contributed by atoms with Crippen molar-refractivity contribution in [2.24, 2.45) is 5.41 Å². The molecule has 0 amide bonds. The summed E-state index contributed by atoms with van der Waals surface area (Å²) in [7, 11) is -2.90. The molecule has 0 atom stereocenters. The lowest BCUT2D eigenvalue weighted by Crippen LogP contribution is -2.62. The second kappa shape index (κ2) is 8.11. The van der Waals surface area contributed by atoms with Gasteiger partial charge in [0.15, 0.2) is 5.65 Å². The summed E-state index contributed by atoms with van der Waals surface area (Å²) in [5, 5.41) is 4.39.